The first-order chi connectivity index (χ1) is 15.8. The quantitative estimate of drug-likeness (QED) is 0.365. The summed E-state index contributed by atoms with van der Waals surface area (Å²) in [6.07, 6.45) is -0.306. The highest BCUT2D eigenvalue weighted by atomic mass is 16.7. The minimum Gasteiger partial charge on any atom is -0.427 e. The SMILES string of the molecule is C[C@@H](O)[C@H]1C(=O)N2C(C(=O)OCOC(=O)C(C)(C)C)=C(c3cccc(CC(=O)N(C)C)c3)C[C@H]12. The van der Waals surface area contributed by atoms with Gasteiger partial charge in [-0.2, -0.15) is 0 Å². The molecule has 3 atom stereocenters. The van der Waals surface area contributed by atoms with Gasteiger partial charge in [0, 0.05) is 14.1 Å². The molecule has 1 fully saturated rings. The van der Waals surface area contributed by atoms with E-state index in [2.05, 4.69) is 0 Å². The Balaban J connectivity index is 1.89. The van der Waals surface area contributed by atoms with E-state index in [0.29, 0.717) is 17.6 Å². The second kappa shape index (κ2) is 9.58. The predicted molar refractivity (Wildman–Crippen MR) is 123 cm³/mol. The Bertz CT molecular complexity index is 1040. The standard InChI is InChI=1S/C25H32N2O7/c1-14(28)20-18-12-17(16-9-7-8-15(10-16)11-19(29)26(5)6)21(27(18)22(20)30)23(31)33-13-34-24(32)25(2,3)4/h7-10,14,18,20,28H,11-13H2,1-6H3/t14-,18-,20-/m1/s1. The zero-order valence-corrected chi connectivity index (χ0v) is 20.5. The second-order valence-corrected chi connectivity index (χ2v) is 9.97. The Labute approximate surface area is 199 Å². The van der Waals surface area contributed by atoms with Crippen molar-refractivity contribution >= 4 is 29.3 Å². The van der Waals surface area contributed by atoms with Crippen LogP contribution >= 0.6 is 0 Å². The van der Waals surface area contributed by atoms with E-state index < -0.39 is 36.2 Å². The van der Waals surface area contributed by atoms with Gasteiger partial charge in [-0.1, -0.05) is 24.3 Å². The maximum atomic E-state index is 13.0. The molecule has 0 spiro atoms. The van der Waals surface area contributed by atoms with Crippen LogP contribution in [0.5, 0.6) is 0 Å². The lowest BCUT2D eigenvalue weighted by atomic mass is 9.82. The van der Waals surface area contributed by atoms with Gasteiger partial charge in [0.1, 0.15) is 5.70 Å². The number of nitrogens with zero attached hydrogens (tertiary/aromatic N) is 2. The van der Waals surface area contributed by atoms with Gasteiger partial charge in [0.2, 0.25) is 18.6 Å². The van der Waals surface area contributed by atoms with Gasteiger partial charge in [0.15, 0.2) is 0 Å². The van der Waals surface area contributed by atoms with Crippen molar-refractivity contribution in [1.29, 1.82) is 0 Å². The third-order valence-electron chi connectivity index (χ3n) is 6.04. The largest absolute Gasteiger partial charge is 0.427 e. The van der Waals surface area contributed by atoms with Crippen LogP contribution in [0.1, 0.15) is 45.2 Å². The number of ether oxygens (including phenoxy) is 2. The molecule has 2 aliphatic heterocycles. The second-order valence-electron chi connectivity index (χ2n) is 9.97. The molecule has 9 nitrogen and oxygen atoms in total. The fraction of sp³-hybridized carbons (Fsp3) is 0.520. The molecule has 0 radical (unpaired) electrons. The zero-order valence-electron chi connectivity index (χ0n) is 20.5. The van der Waals surface area contributed by atoms with Gasteiger partial charge in [0.05, 0.1) is 29.9 Å². The fourth-order valence-corrected chi connectivity index (χ4v) is 4.14. The van der Waals surface area contributed by atoms with Crippen LogP contribution in [-0.2, 0) is 35.1 Å². The summed E-state index contributed by atoms with van der Waals surface area (Å²) in [7, 11) is 3.36. The summed E-state index contributed by atoms with van der Waals surface area (Å²) in [6.45, 7) is 6.03. The summed E-state index contributed by atoms with van der Waals surface area (Å²) in [4.78, 5) is 52.8. The summed E-state index contributed by atoms with van der Waals surface area (Å²) in [6, 6.07) is 6.87. The van der Waals surface area contributed by atoms with Gasteiger partial charge in [-0.15, -0.1) is 0 Å². The van der Waals surface area contributed by atoms with Gasteiger partial charge in [-0.3, -0.25) is 14.4 Å². The Morgan fingerprint density at radius 2 is 1.88 bits per heavy atom. The molecular formula is C25H32N2O7. The molecular weight excluding hydrogens is 440 g/mol. The number of hydrogen-bond donors (Lipinski definition) is 1. The molecule has 2 heterocycles. The summed E-state index contributed by atoms with van der Waals surface area (Å²) >= 11 is 0. The molecule has 1 aromatic rings. The van der Waals surface area contributed by atoms with E-state index >= 15 is 0 Å². The molecule has 1 aromatic carbocycles. The first-order valence-corrected chi connectivity index (χ1v) is 11.2. The molecule has 1 N–H and O–H groups in total. The highest BCUT2D eigenvalue weighted by molar-refractivity contribution is 6.06. The summed E-state index contributed by atoms with van der Waals surface area (Å²) in [5, 5.41) is 10.1. The van der Waals surface area contributed by atoms with Crippen LogP contribution in [-0.4, -0.2) is 71.7 Å². The normalized spacial score (nSPS) is 20.4. The molecule has 0 bridgehead atoms. The van der Waals surface area contributed by atoms with Crippen LogP contribution in [0.2, 0.25) is 0 Å². The molecule has 34 heavy (non-hydrogen) atoms. The van der Waals surface area contributed by atoms with Crippen molar-refractivity contribution in [2.45, 2.75) is 52.7 Å². The van der Waals surface area contributed by atoms with Crippen molar-refractivity contribution in [1.82, 2.24) is 9.80 Å². The van der Waals surface area contributed by atoms with Gasteiger partial charge in [0.25, 0.3) is 0 Å². The molecule has 9 heteroatoms. The number of benzene rings is 1. The number of carbonyl (C=O) groups excluding carboxylic acids is 4. The van der Waals surface area contributed by atoms with Crippen molar-refractivity contribution < 1.29 is 33.8 Å². The molecule has 1 saturated heterocycles. The Kier molecular flexibility index (Phi) is 7.16. The Hall–Kier alpha value is -3.20. The van der Waals surface area contributed by atoms with Crippen LogP contribution in [0.15, 0.2) is 30.0 Å². The van der Waals surface area contributed by atoms with E-state index in [0.717, 1.165) is 5.56 Å². The molecule has 2 amide bonds. The molecule has 184 valence electrons. The first-order valence-electron chi connectivity index (χ1n) is 11.2. The van der Waals surface area contributed by atoms with E-state index in [9.17, 15) is 24.3 Å². The lowest BCUT2D eigenvalue weighted by Crippen LogP contribution is -2.61. The lowest BCUT2D eigenvalue weighted by molar-refractivity contribution is -0.175. The van der Waals surface area contributed by atoms with E-state index in [1.165, 1.54) is 9.80 Å². The number of likely N-dealkylation sites (N-methyl/N-ethyl adjacent to an activating group) is 1. The lowest BCUT2D eigenvalue weighted by Gasteiger charge is -2.44. The topological polar surface area (TPSA) is 113 Å². The molecule has 0 aliphatic carbocycles. The number of esters is 2. The number of aliphatic hydroxyl groups is 1. The molecule has 3 rings (SSSR count). The Morgan fingerprint density at radius 3 is 2.47 bits per heavy atom. The average molecular weight is 473 g/mol. The van der Waals surface area contributed by atoms with Gasteiger partial charge < -0.3 is 24.4 Å². The number of fused-ring (bicyclic) bond motifs is 1. The number of amides is 2. The van der Waals surface area contributed by atoms with Crippen molar-refractivity contribution in [3.63, 3.8) is 0 Å². The third-order valence-corrected chi connectivity index (χ3v) is 6.04. The van der Waals surface area contributed by atoms with Crippen LogP contribution in [0.4, 0.5) is 0 Å². The number of carbonyl (C=O) groups is 4. The van der Waals surface area contributed by atoms with Crippen molar-refractivity contribution in [2.75, 3.05) is 20.9 Å². The third kappa shape index (κ3) is 4.99. The first kappa shape index (κ1) is 25.4. The predicted octanol–water partition coefficient (Wildman–Crippen LogP) is 1.73. The summed E-state index contributed by atoms with van der Waals surface area (Å²) < 4.78 is 10.2. The minimum atomic E-state index is -0.859. The van der Waals surface area contributed by atoms with E-state index in [1.807, 2.05) is 12.1 Å². The number of β-lactam (4-membered cyclic amide) rings is 1. The summed E-state index contributed by atoms with van der Waals surface area (Å²) in [5.41, 5.74) is 1.37. The molecule has 2 aliphatic rings. The fourth-order valence-electron chi connectivity index (χ4n) is 4.14. The van der Waals surface area contributed by atoms with Crippen LogP contribution in [0, 0.1) is 11.3 Å². The minimum absolute atomic E-state index is 0.0639. The highest BCUT2D eigenvalue weighted by Gasteiger charge is 2.57. The molecule has 0 unspecified atom stereocenters. The molecule has 0 saturated carbocycles. The van der Waals surface area contributed by atoms with E-state index in [1.54, 1.807) is 53.9 Å². The Morgan fingerprint density at radius 1 is 1.21 bits per heavy atom. The van der Waals surface area contributed by atoms with Crippen molar-refractivity contribution in [2.24, 2.45) is 11.3 Å². The number of rotatable bonds is 7. The van der Waals surface area contributed by atoms with Crippen LogP contribution < -0.4 is 0 Å². The number of hydrogen-bond acceptors (Lipinski definition) is 7. The van der Waals surface area contributed by atoms with E-state index in [-0.39, 0.29) is 30.0 Å². The summed E-state index contributed by atoms with van der Waals surface area (Å²) in [5.74, 6) is -2.34. The van der Waals surface area contributed by atoms with Gasteiger partial charge >= 0.3 is 11.9 Å². The van der Waals surface area contributed by atoms with Gasteiger partial charge in [-0.05, 0) is 50.8 Å². The van der Waals surface area contributed by atoms with Crippen molar-refractivity contribution in [3.8, 4) is 0 Å². The van der Waals surface area contributed by atoms with Crippen LogP contribution in [0.25, 0.3) is 5.57 Å². The maximum Gasteiger partial charge on any atom is 0.358 e. The zero-order chi connectivity index (χ0) is 25.4. The van der Waals surface area contributed by atoms with Crippen molar-refractivity contribution in [3.05, 3.63) is 41.1 Å². The van der Waals surface area contributed by atoms with Gasteiger partial charge in [-0.25, -0.2) is 4.79 Å². The smallest absolute Gasteiger partial charge is 0.358 e. The maximum absolute atomic E-state index is 13.0. The molecule has 0 aromatic heterocycles. The highest BCUT2D eigenvalue weighted by Crippen LogP contribution is 2.47. The monoisotopic (exact) mass is 472 g/mol. The average Bonchev–Trinajstić information content (AvgIpc) is 3.07. The van der Waals surface area contributed by atoms with Crippen LogP contribution in [0.3, 0.4) is 0 Å². The number of aliphatic hydroxyl groups excluding tert-OH is 1. The van der Waals surface area contributed by atoms with E-state index in [4.69, 9.17) is 9.47 Å².